The van der Waals surface area contributed by atoms with Gasteiger partial charge in [0, 0.05) is 17.8 Å². The molecule has 0 radical (unpaired) electrons. The van der Waals surface area contributed by atoms with Gasteiger partial charge < -0.3 is 10.1 Å². The number of hydrogen-bond donors (Lipinski definition) is 2. The molecule has 2 N–H and O–H groups in total. The van der Waals surface area contributed by atoms with Crippen LogP contribution in [0.15, 0.2) is 82.2 Å². The number of amides is 1. The van der Waals surface area contributed by atoms with Crippen LogP contribution < -0.4 is 19.7 Å². The third-order valence-electron chi connectivity index (χ3n) is 4.67. The molecule has 0 atom stereocenters. The number of anilines is 2. The minimum Gasteiger partial charge on any atom is -0.496 e. The highest BCUT2D eigenvalue weighted by atomic mass is 79.9. The molecule has 0 heterocycles. The molecule has 172 valence electrons. The molecule has 3 aromatic carbocycles. The zero-order valence-corrected chi connectivity index (χ0v) is 21.1. The van der Waals surface area contributed by atoms with Crippen molar-refractivity contribution in [3.05, 3.63) is 82.8 Å². The van der Waals surface area contributed by atoms with Crippen LogP contribution in [0.3, 0.4) is 0 Å². The second kappa shape index (κ2) is 10.8. The van der Waals surface area contributed by atoms with E-state index in [4.69, 9.17) is 17.0 Å². The van der Waals surface area contributed by atoms with Crippen LogP contribution in [0.1, 0.15) is 17.3 Å². The summed E-state index contributed by atoms with van der Waals surface area (Å²) in [5.41, 5.74) is 1.53. The van der Waals surface area contributed by atoms with Crippen molar-refractivity contribution < 1.29 is 17.9 Å². The third-order valence-corrected chi connectivity index (χ3v) is 7.41. The molecule has 10 heteroatoms. The van der Waals surface area contributed by atoms with Crippen LogP contribution in [0.2, 0.25) is 0 Å². The molecule has 0 aliphatic heterocycles. The van der Waals surface area contributed by atoms with Gasteiger partial charge in [-0.3, -0.25) is 14.4 Å². The van der Waals surface area contributed by atoms with E-state index in [2.05, 4.69) is 26.6 Å². The zero-order chi connectivity index (χ0) is 24.0. The predicted octanol–water partition coefficient (Wildman–Crippen LogP) is 4.80. The van der Waals surface area contributed by atoms with E-state index >= 15 is 0 Å². The van der Waals surface area contributed by atoms with Crippen LogP contribution in [-0.4, -0.2) is 33.1 Å². The first-order valence-electron chi connectivity index (χ1n) is 9.90. The van der Waals surface area contributed by atoms with E-state index < -0.39 is 15.9 Å². The summed E-state index contributed by atoms with van der Waals surface area (Å²) in [6.07, 6.45) is 0. The van der Waals surface area contributed by atoms with E-state index in [0.717, 1.165) is 0 Å². The number of benzene rings is 3. The number of methoxy groups -OCH3 is 1. The summed E-state index contributed by atoms with van der Waals surface area (Å²) in [6.45, 7) is 2.08. The summed E-state index contributed by atoms with van der Waals surface area (Å²) in [4.78, 5) is 12.6. The number of thiocarbonyl (C=S) groups is 1. The Labute approximate surface area is 206 Å². The van der Waals surface area contributed by atoms with E-state index in [9.17, 15) is 13.2 Å². The summed E-state index contributed by atoms with van der Waals surface area (Å²) in [6, 6.07) is 20.0. The molecule has 3 rings (SSSR count). The fourth-order valence-electron chi connectivity index (χ4n) is 3.07. The molecule has 0 aliphatic rings. The SMILES string of the molecule is CCN(c1ccccc1)S(=O)(=O)c1ccc(NC(=S)NC(=O)c2ccc(OC)c(Br)c2)cc1. The predicted molar refractivity (Wildman–Crippen MR) is 137 cm³/mol. The van der Waals surface area contributed by atoms with Crippen molar-refractivity contribution in [1.82, 2.24) is 5.32 Å². The lowest BCUT2D eigenvalue weighted by Gasteiger charge is -2.23. The van der Waals surface area contributed by atoms with Gasteiger partial charge in [-0.15, -0.1) is 0 Å². The maximum absolute atomic E-state index is 13.1. The standard InChI is InChI=1S/C23H22BrN3O4S2/c1-3-27(18-7-5-4-6-8-18)33(29,30)19-12-10-17(11-13-19)25-23(32)26-22(28)16-9-14-21(31-2)20(24)15-16/h4-15H,3H2,1-2H3,(H2,25,26,28,32). The van der Waals surface area contributed by atoms with Gasteiger partial charge in [0.25, 0.3) is 15.9 Å². The van der Waals surface area contributed by atoms with Crippen LogP contribution in [0, 0.1) is 0 Å². The van der Waals surface area contributed by atoms with E-state index in [0.29, 0.717) is 33.7 Å². The number of para-hydroxylation sites is 1. The Kier molecular flexibility index (Phi) is 8.06. The average Bonchev–Trinajstić information content (AvgIpc) is 2.80. The van der Waals surface area contributed by atoms with Gasteiger partial charge in [0.2, 0.25) is 0 Å². The maximum atomic E-state index is 13.1. The summed E-state index contributed by atoms with van der Waals surface area (Å²) in [5, 5.41) is 5.57. The molecule has 33 heavy (non-hydrogen) atoms. The topological polar surface area (TPSA) is 87.7 Å². The number of nitrogens with zero attached hydrogens (tertiary/aromatic N) is 1. The highest BCUT2D eigenvalue weighted by Crippen LogP contribution is 2.26. The lowest BCUT2D eigenvalue weighted by molar-refractivity contribution is 0.0977. The molecule has 0 saturated heterocycles. The first kappa shape index (κ1) is 24.7. The number of ether oxygens (including phenoxy) is 1. The maximum Gasteiger partial charge on any atom is 0.264 e. The minimum absolute atomic E-state index is 0.0852. The first-order valence-corrected chi connectivity index (χ1v) is 12.5. The number of hydrogen-bond acceptors (Lipinski definition) is 5. The lowest BCUT2D eigenvalue weighted by atomic mass is 10.2. The Morgan fingerprint density at radius 1 is 1.06 bits per heavy atom. The van der Waals surface area contributed by atoms with Crippen molar-refractivity contribution in [2.45, 2.75) is 11.8 Å². The normalized spacial score (nSPS) is 10.9. The van der Waals surface area contributed by atoms with Crippen molar-refractivity contribution in [1.29, 1.82) is 0 Å². The molecule has 0 aromatic heterocycles. The van der Waals surface area contributed by atoms with Crippen molar-refractivity contribution in [2.24, 2.45) is 0 Å². The fourth-order valence-corrected chi connectivity index (χ4v) is 5.29. The Hall–Kier alpha value is -2.95. The smallest absolute Gasteiger partial charge is 0.264 e. The Balaban J connectivity index is 1.68. The number of carbonyl (C=O) groups is 1. The number of nitrogens with one attached hydrogen (secondary N) is 2. The Morgan fingerprint density at radius 2 is 1.73 bits per heavy atom. The van der Waals surface area contributed by atoms with Gasteiger partial charge in [0.15, 0.2) is 5.11 Å². The van der Waals surface area contributed by atoms with E-state index in [-0.39, 0.29) is 10.0 Å². The van der Waals surface area contributed by atoms with Crippen molar-refractivity contribution in [3.8, 4) is 5.75 Å². The lowest BCUT2D eigenvalue weighted by Crippen LogP contribution is -2.34. The van der Waals surface area contributed by atoms with Crippen molar-refractivity contribution in [3.63, 3.8) is 0 Å². The van der Waals surface area contributed by atoms with Gasteiger partial charge in [-0.05, 0) is 89.7 Å². The summed E-state index contributed by atoms with van der Waals surface area (Å²) >= 11 is 8.56. The van der Waals surface area contributed by atoms with Crippen LogP contribution in [-0.2, 0) is 10.0 Å². The van der Waals surface area contributed by atoms with Crippen LogP contribution in [0.4, 0.5) is 11.4 Å². The van der Waals surface area contributed by atoms with Gasteiger partial charge in [-0.1, -0.05) is 18.2 Å². The number of sulfonamides is 1. The molecule has 0 saturated carbocycles. The van der Waals surface area contributed by atoms with E-state index in [1.807, 2.05) is 6.07 Å². The van der Waals surface area contributed by atoms with Gasteiger partial charge in [0.05, 0.1) is 22.2 Å². The molecule has 0 bridgehead atoms. The first-order chi connectivity index (χ1) is 15.8. The summed E-state index contributed by atoms with van der Waals surface area (Å²) in [5.74, 6) is 0.215. The summed E-state index contributed by atoms with van der Waals surface area (Å²) < 4.78 is 33.3. The van der Waals surface area contributed by atoms with Gasteiger partial charge in [-0.25, -0.2) is 8.42 Å². The van der Waals surface area contributed by atoms with Crippen molar-refractivity contribution >= 4 is 60.6 Å². The zero-order valence-electron chi connectivity index (χ0n) is 17.9. The Bertz CT molecular complexity index is 1250. The highest BCUT2D eigenvalue weighted by Gasteiger charge is 2.23. The molecule has 1 amide bonds. The fraction of sp³-hybridized carbons (Fsp3) is 0.130. The molecule has 3 aromatic rings. The molecule has 0 unspecified atom stereocenters. The second-order valence-corrected chi connectivity index (χ2v) is 9.91. The van der Waals surface area contributed by atoms with Crippen LogP contribution in [0.25, 0.3) is 0 Å². The number of halogens is 1. The highest BCUT2D eigenvalue weighted by molar-refractivity contribution is 9.10. The van der Waals surface area contributed by atoms with Crippen LogP contribution >= 0.6 is 28.1 Å². The molecular weight excluding hydrogens is 526 g/mol. The molecule has 0 fully saturated rings. The molecule has 0 spiro atoms. The van der Waals surface area contributed by atoms with Crippen molar-refractivity contribution in [2.75, 3.05) is 23.3 Å². The number of rotatable bonds is 7. The summed E-state index contributed by atoms with van der Waals surface area (Å²) in [7, 11) is -2.19. The molecular formula is C23H22BrN3O4S2. The van der Waals surface area contributed by atoms with Crippen LogP contribution in [0.5, 0.6) is 5.75 Å². The molecule has 7 nitrogen and oxygen atoms in total. The quantitative estimate of drug-likeness (QED) is 0.413. The van der Waals surface area contributed by atoms with E-state index in [1.54, 1.807) is 61.5 Å². The average molecular weight is 548 g/mol. The van der Waals surface area contributed by atoms with Gasteiger partial charge in [-0.2, -0.15) is 0 Å². The Morgan fingerprint density at radius 3 is 2.30 bits per heavy atom. The van der Waals surface area contributed by atoms with Gasteiger partial charge in [0.1, 0.15) is 5.75 Å². The monoisotopic (exact) mass is 547 g/mol. The molecule has 0 aliphatic carbocycles. The largest absolute Gasteiger partial charge is 0.496 e. The van der Waals surface area contributed by atoms with E-state index in [1.165, 1.54) is 23.5 Å². The van der Waals surface area contributed by atoms with Gasteiger partial charge >= 0.3 is 0 Å². The third kappa shape index (κ3) is 5.89. The second-order valence-electron chi connectivity index (χ2n) is 6.79. The minimum atomic E-state index is -3.73. The number of carbonyl (C=O) groups excluding carboxylic acids is 1.